The van der Waals surface area contributed by atoms with E-state index >= 15 is 0 Å². The lowest BCUT2D eigenvalue weighted by Crippen LogP contribution is -1.77. The van der Waals surface area contributed by atoms with E-state index in [-0.39, 0.29) is 0 Å². The number of thiazole rings is 1. The number of benzene rings is 1. The van der Waals surface area contributed by atoms with Crippen molar-refractivity contribution in [1.29, 1.82) is 5.26 Å². The SMILES string of the molecule is N#Cc1ccc2c(c1)sc1nccn12. The molecule has 2 heterocycles. The van der Waals surface area contributed by atoms with Crippen LogP contribution >= 0.6 is 11.3 Å². The molecule has 0 N–H and O–H groups in total. The lowest BCUT2D eigenvalue weighted by Gasteiger charge is -1.90. The highest BCUT2D eigenvalue weighted by molar-refractivity contribution is 7.23. The number of rotatable bonds is 0. The molecule has 0 aliphatic heterocycles. The third-order valence-electron chi connectivity index (χ3n) is 2.16. The first-order chi connectivity index (χ1) is 6.88. The Balaban J connectivity index is 2.51. The van der Waals surface area contributed by atoms with Crippen LogP contribution in [0.15, 0.2) is 30.6 Å². The largest absolute Gasteiger partial charge is 0.290 e. The summed E-state index contributed by atoms with van der Waals surface area (Å²) in [6.07, 6.45) is 3.71. The van der Waals surface area contributed by atoms with E-state index < -0.39 is 0 Å². The van der Waals surface area contributed by atoms with E-state index in [1.807, 2.05) is 28.8 Å². The average molecular weight is 199 g/mol. The standard InChI is InChI=1S/C10H5N3S/c11-6-7-1-2-8-9(5-7)14-10-12-3-4-13(8)10/h1-5H. The zero-order chi connectivity index (χ0) is 9.54. The maximum absolute atomic E-state index is 8.75. The summed E-state index contributed by atoms with van der Waals surface area (Å²) in [4.78, 5) is 5.18. The second kappa shape index (κ2) is 2.56. The minimum atomic E-state index is 0.696. The number of nitriles is 1. The van der Waals surface area contributed by atoms with Gasteiger partial charge in [0, 0.05) is 12.4 Å². The molecule has 1 aromatic carbocycles. The summed E-state index contributed by atoms with van der Waals surface area (Å²) in [5.74, 6) is 0. The molecular formula is C10H5N3S. The summed E-state index contributed by atoms with van der Waals surface area (Å²) < 4.78 is 3.13. The molecule has 66 valence electrons. The van der Waals surface area contributed by atoms with Crippen LogP contribution in [0, 0.1) is 11.3 Å². The van der Waals surface area contributed by atoms with E-state index in [1.165, 1.54) is 0 Å². The van der Waals surface area contributed by atoms with E-state index in [2.05, 4.69) is 11.1 Å². The molecule has 3 rings (SSSR count). The Morgan fingerprint density at radius 3 is 3.21 bits per heavy atom. The van der Waals surface area contributed by atoms with Crippen LogP contribution in [0.1, 0.15) is 5.56 Å². The van der Waals surface area contributed by atoms with Gasteiger partial charge >= 0.3 is 0 Å². The van der Waals surface area contributed by atoms with E-state index in [0.717, 1.165) is 15.2 Å². The van der Waals surface area contributed by atoms with Crippen LogP contribution < -0.4 is 0 Å². The second-order valence-corrected chi connectivity index (χ2v) is 3.99. The molecule has 0 radical (unpaired) electrons. The Morgan fingerprint density at radius 2 is 2.36 bits per heavy atom. The summed E-state index contributed by atoms with van der Waals surface area (Å²) in [6.45, 7) is 0. The van der Waals surface area contributed by atoms with E-state index in [4.69, 9.17) is 5.26 Å². The van der Waals surface area contributed by atoms with Gasteiger partial charge in [-0.2, -0.15) is 5.26 Å². The monoisotopic (exact) mass is 199 g/mol. The Bertz CT molecular complexity index is 657. The van der Waals surface area contributed by atoms with Gasteiger partial charge in [-0.25, -0.2) is 4.98 Å². The smallest absolute Gasteiger partial charge is 0.194 e. The van der Waals surface area contributed by atoms with Crippen LogP contribution in [0.2, 0.25) is 0 Å². The first-order valence-electron chi connectivity index (χ1n) is 4.14. The van der Waals surface area contributed by atoms with E-state index in [9.17, 15) is 0 Å². The van der Waals surface area contributed by atoms with Crippen LogP contribution in [0.25, 0.3) is 15.2 Å². The lowest BCUT2D eigenvalue weighted by atomic mass is 10.2. The minimum absolute atomic E-state index is 0.696. The van der Waals surface area contributed by atoms with Crippen molar-refractivity contribution in [3.63, 3.8) is 0 Å². The van der Waals surface area contributed by atoms with Gasteiger partial charge in [0.05, 0.1) is 21.8 Å². The van der Waals surface area contributed by atoms with Gasteiger partial charge in [0.25, 0.3) is 0 Å². The van der Waals surface area contributed by atoms with Gasteiger partial charge in [0.2, 0.25) is 0 Å². The molecule has 0 bridgehead atoms. The Labute approximate surface area is 83.8 Å². The Morgan fingerprint density at radius 1 is 1.43 bits per heavy atom. The highest BCUT2D eigenvalue weighted by atomic mass is 32.1. The van der Waals surface area contributed by atoms with Gasteiger partial charge in [0.15, 0.2) is 4.96 Å². The minimum Gasteiger partial charge on any atom is -0.290 e. The molecule has 3 nitrogen and oxygen atoms in total. The summed E-state index contributed by atoms with van der Waals surface area (Å²) in [5.41, 5.74) is 1.81. The van der Waals surface area contributed by atoms with Crippen molar-refractivity contribution < 1.29 is 0 Å². The maximum atomic E-state index is 8.75. The third-order valence-corrected chi connectivity index (χ3v) is 3.19. The van der Waals surface area contributed by atoms with Crippen LogP contribution in [0.3, 0.4) is 0 Å². The molecule has 0 unspecified atom stereocenters. The van der Waals surface area contributed by atoms with Crippen molar-refractivity contribution in [3.8, 4) is 6.07 Å². The quantitative estimate of drug-likeness (QED) is 0.558. The number of aromatic nitrogens is 2. The molecule has 0 fully saturated rings. The highest BCUT2D eigenvalue weighted by Gasteiger charge is 2.04. The summed E-state index contributed by atoms with van der Waals surface area (Å²) >= 11 is 1.60. The molecule has 2 aromatic heterocycles. The highest BCUT2D eigenvalue weighted by Crippen LogP contribution is 2.25. The predicted octanol–water partition coefficient (Wildman–Crippen LogP) is 2.42. The molecule has 0 atom stereocenters. The fraction of sp³-hybridized carbons (Fsp3) is 0. The van der Waals surface area contributed by atoms with Crippen molar-refractivity contribution in [2.75, 3.05) is 0 Å². The van der Waals surface area contributed by atoms with Crippen LogP contribution in [-0.4, -0.2) is 9.38 Å². The second-order valence-electron chi connectivity index (χ2n) is 2.98. The van der Waals surface area contributed by atoms with Gasteiger partial charge in [-0.05, 0) is 18.2 Å². The molecule has 0 aliphatic rings. The van der Waals surface area contributed by atoms with Crippen LogP contribution in [0.5, 0.6) is 0 Å². The maximum Gasteiger partial charge on any atom is 0.194 e. The molecule has 0 spiro atoms. The average Bonchev–Trinajstić information content (AvgIpc) is 2.75. The Hall–Kier alpha value is -1.86. The van der Waals surface area contributed by atoms with Gasteiger partial charge in [-0.15, -0.1) is 0 Å². The molecule has 3 aromatic rings. The molecule has 0 saturated carbocycles. The molecular weight excluding hydrogens is 194 g/mol. The van der Waals surface area contributed by atoms with Crippen molar-refractivity contribution in [2.24, 2.45) is 0 Å². The van der Waals surface area contributed by atoms with Gasteiger partial charge in [0.1, 0.15) is 0 Å². The fourth-order valence-electron chi connectivity index (χ4n) is 1.51. The summed E-state index contributed by atoms with van der Waals surface area (Å²) in [6, 6.07) is 7.82. The zero-order valence-corrected chi connectivity index (χ0v) is 7.95. The number of hydrogen-bond acceptors (Lipinski definition) is 3. The number of nitrogens with zero attached hydrogens (tertiary/aromatic N) is 3. The third kappa shape index (κ3) is 0.874. The molecule has 4 heteroatoms. The van der Waals surface area contributed by atoms with Crippen LogP contribution in [0.4, 0.5) is 0 Å². The van der Waals surface area contributed by atoms with Crippen molar-refractivity contribution in [1.82, 2.24) is 9.38 Å². The van der Waals surface area contributed by atoms with Gasteiger partial charge < -0.3 is 0 Å². The summed E-state index contributed by atoms with van der Waals surface area (Å²) in [7, 11) is 0. The molecule has 14 heavy (non-hydrogen) atoms. The van der Waals surface area contributed by atoms with Crippen molar-refractivity contribution in [2.45, 2.75) is 0 Å². The lowest BCUT2D eigenvalue weighted by molar-refractivity contribution is 1.30. The van der Waals surface area contributed by atoms with Crippen LogP contribution in [-0.2, 0) is 0 Å². The van der Waals surface area contributed by atoms with Gasteiger partial charge in [-0.3, -0.25) is 4.40 Å². The number of imidazole rings is 1. The Kier molecular flexibility index (Phi) is 1.38. The van der Waals surface area contributed by atoms with Gasteiger partial charge in [-0.1, -0.05) is 11.3 Å². The topological polar surface area (TPSA) is 41.1 Å². The molecule has 0 saturated heterocycles. The number of hydrogen-bond donors (Lipinski definition) is 0. The summed E-state index contributed by atoms with van der Waals surface area (Å²) in [5, 5.41) is 8.75. The van der Waals surface area contributed by atoms with Crippen molar-refractivity contribution in [3.05, 3.63) is 36.2 Å². The molecule has 0 amide bonds. The van der Waals surface area contributed by atoms with E-state index in [0.29, 0.717) is 5.56 Å². The van der Waals surface area contributed by atoms with E-state index in [1.54, 1.807) is 17.5 Å². The van der Waals surface area contributed by atoms with Crippen molar-refractivity contribution >= 4 is 26.5 Å². The first-order valence-corrected chi connectivity index (χ1v) is 4.96. The predicted molar refractivity (Wildman–Crippen MR) is 55.3 cm³/mol. The zero-order valence-electron chi connectivity index (χ0n) is 7.14. The normalized spacial score (nSPS) is 10.8. The first kappa shape index (κ1) is 7.54. The fourth-order valence-corrected chi connectivity index (χ4v) is 2.54. The number of fused-ring (bicyclic) bond motifs is 3. The molecule has 0 aliphatic carbocycles.